The number of halogens is 2. The minimum absolute atomic E-state index is 0.240. The molecule has 0 N–H and O–H groups in total. The summed E-state index contributed by atoms with van der Waals surface area (Å²) in [6.07, 6.45) is -1.52. The van der Waals surface area contributed by atoms with Crippen molar-refractivity contribution in [3.8, 4) is 0 Å². The van der Waals surface area contributed by atoms with Gasteiger partial charge in [-0.25, -0.2) is 13.6 Å². The largest absolute Gasteiger partial charge is 0.444 e. The molecule has 0 radical (unpaired) electrons. The van der Waals surface area contributed by atoms with E-state index in [-0.39, 0.29) is 25.0 Å². The van der Waals surface area contributed by atoms with E-state index in [0.717, 1.165) is 12.8 Å². The minimum atomic E-state index is -2.38. The second-order valence-electron chi connectivity index (χ2n) is 6.53. The van der Waals surface area contributed by atoms with Crippen molar-refractivity contribution in [2.75, 3.05) is 19.7 Å². The molecule has 1 saturated heterocycles. The number of unbranched alkanes of at least 4 members (excludes halogenated alkanes) is 1. The molecule has 6 heteroatoms. The topological polar surface area (TPSA) is 38.8 Å². The summed E-state index contributed by atoms with van der Waals surface area (Å²) >= 11 is 0. The van der Waals surface area contributed by atoms with Crippen LogP contribution in [0, 0.1) is 5.92 Å². The lowest BCUT2D eigenvalue weighted by molar-refractivity contribution is 0.00835. The molecule has 0 aromatic rings. The maximum Gasteiger partial charge on any atom is 0.410 e. The van der Waals surface area contributed by atoms with E-state index in [0.29, 0.717) is 13.2 Å². The lowest BCUT2D eigenvalue weighted by Crippen LogP contribution is -2.36. The molecule has 124 valence electrons. The summed E-state index contributed by atoms with van der Waals surface area (Å²) in [7, 11) is 0. The van der Waals surface area contributed by atoms with E-state index in [1.54, 1.807) is 20.8 Å². The van der Waals surface area contributed by atoms with Gasteiger partial charge < -0.3 is 14.4 Å². The van der Waals surface area contributed by atoms with Gasteiger partial charge in [-0.05, 0) is 27.2 Å². The standard InChI is InChI=1S/C15H27F2NO3/c1-5-6-7-20-12-10-18(9-11(12)8-13(16)17)14(19)21-15(2,3)4/h11-13H,5-10H2,1-4H3/t11-,12-/m1/s1. The molecule has 1 heterocycles. The van der Waals surface area contributed by atoms with E-state index < -0.39 is 18.1 Å². The van der Waals surface area contributed by atoms with Crippen molar-refractivity contribution in [2.45, 2.75) is 65.1 Å². The quantitative estimate of drug-likeness (QED) is 0.702. The average molecular weight is 307 g/mol. The fraction of sp³-hybridized carbons (Fsp3) is 0.933. The van der Waals surface area contributed by atoms with Crippen molar-refractivity contribution < 1.29 is 23.0 Å². The van der Waals surface area contributed by atoms with E-state index >= 15 is 0 Å². The first-order chi connectivity index (χ1) is 9.73. The molecule has 1 amide bonds. The fourth-order valence-corrected chi connectivity index (χ4v) is 2.34. The van der Waals surface area contributed by atoms with Crippen LogP contribution in [-0.4, -0.2) is 48.8 Å². The van der Waals surface area contributed by atoms with Crippen molar-refractivity contribution in [2.24, 2.45) is 5.92 Å². The van der Waals surface area contributed by atoms with Crippen molar-refractivity contribution in [3.05, 3.63) is 0 Å². The Hall–Kier alpha value is -0.910. The Kier molecular flexibility index (Phi) is 6.84. The molecule has 1 rings (SSSR count). The second-order valence-corrected chi connectivity index (χ2v) is 6.53. The smallest absolute Gasteiger partial charge is 0.410 e. The molecule has 0 aromatic carbocycles. The molecule has 0 saturated carbocycles. The first-order valence-electron chi connectivity index (χ1n) is 7.60. The maximum absolute atomic E-state index is 12.7. The van der Waals surface area contributed by atoms with E-state index in [9.17, 15) is 13.6 Å². The van der Waals surface area contributed by atoms with Crippen LogP contribution in [0.4, 0.5) is 13.6 Å². The third kappa shape index (κ3) is 6.59. The van der Waals surface area contributed by atoms with Crippen LogP contribution >= 0.6 is 0 Å². The number of alkyl halides is 2. The molecule has 4 nitrogen and oxygen atoms in total. The molecule has 0 bridgehead atoms. The summed E-state index contributed by atoms with van der Waals surface area (Å²) in [5.74, 6) is -0.325. The SMILES string of the molecule is CCCCO[C@@H]1CN(C(=O)OC(C)(C)C)C[C@H]1CC(F)F. The highest BCUT2D eigenvalue weighted by molar-refractivity contribution is 5.68. The van der Waals surface area contributed by atoms with Crippen molar-refractivity contribution in [3.63, 3.8) is 0 Å². The second kappa shape index (κ2) is 7.92. The third-order valence-corrected chi connectivity index (χ3v) is 3.34. The van der Waals surface area contributed by atoms with Gasteiger partial charge in [0.1, 0.15) is 5.60 Å². The minimum Gasteiger partial charge on any atom is -0.444 e. The Morgan fingerprint density at radius 1 is 1.33 bits per heavy atom. The van der Waals surface area contributed by atoms with Gasteiger partial charge in [0.15, 0.2) is 0 Å². The highest BCUT2D eigenvalue weighted by Gasteiger charge is 2.38. The molecule has 0 spiro atoms. The van der Waals surface area contributed by atoms with E-state index in [2.05, 4.69) is 0 Å². The van der Waals surface area contributed by atoms with E-state index in [1.165, 1.54) is 4.90 Å². The van der Waals surface area contributed by atoms with Gasteiger partial charge in [-0.2, -0.15) is 0 Å². The van der Waals surface area contributed by atoms with E-state index in [1.807, 2.05) is 6.92 Å². The summed E-state index contributed by atoms with van der Waals surface area (Å²) in [4.78, 5) is 13.5. The third-order valence-electron chi connectivity index (χ3n) is 3.34. The van der Waals surface area contributed by atoms with Gasteiger partial charge in [-0.1, -0.05) is 13.3 Å². The number of nitrogens with zero attached hydrogens (tertiary/aromatic N) is 1. The molecular formula is C15H27F2NO3. The van der Waals surface area contributed by atoms with Crippen molar-refractivity contribution in [1.29, 1.82) is 0 Å². The summed E-state index contributed by atoms with van der Waals surface area (Å²) < 4.78 is 36.3. The molecule has 21 heavy (non-hydrogen) atoms. The number of carbonyl (C=O) groups excluding carboxylic acids is 1. The Morgan fingerprint density at radius 2 is 2.00 bits per heavy atom. The van der Waals surface area contributed by atoms with Crippen LogP contribution < -0.4 is 0 Å². The molecular weight excluding hydrogens is 280 g/mol. The van der Waals surface area contributed by atoms with Crippen molar-refractivity contribution in [1.82, 2.24) is 4.90 Å². The Morgan fingerprint density at radius 3 is 2.52 bits per heavy atom. The molecule has 1 aliphatic rings. The van der Waals surface area contributed by atoms with E-state index in [4.69, 9.17) is 9.47 Å². The first-order valence-corrected chi connectivity index (χ1v) is 7.60. The van der Waals surface area contributed by atoms with Gasteiger partial charge in [0.2, 0.25) is 6.43 Å². The monoisotopic (exact) mass is 307 g/mol. The zero-order valence-electron chi connectivity index (χ0n) is 13.4. The van der Waals surface area contributed by atoms with Crippen LogP contribution in [0.5, 0.6) is 0 Å². The number of hydrogen-bond donors (Lipinski definition) is 0. The van der Waals surface area contributed by atoms with Crippen LogP contribution in [-0.2, 0) is 9.47 Å². The molecule has 2 atom stereocenters. The van der Waals surface area contributed by atoms with Gasteiger partial charge >= 0.3 is 6.09 Å². The van der Waals surface area contributed by atoms with Crippen LogP contribution in [0.2, 0.25) is 0 Å². The summed E-state index contributed by atoms with van der Waals surface area (Å²) in [6.45, 7) is 8.54. The van der Waals surface area contributed by atoms with Gasteiger partial charge in [-0.15, -0.1) is 0 Å². The molecule has 1 fully saturated rings. The number of carbonyl (C=O) groups is 1. The number of amides is 1. The maximum atomic E-state index is 12.7. The molecule has 1 aliphatic heterocycles. The predicted molar refractivity (Wildman–Crippen MR) is 76.6 cm³/mol. The summed E-state index contributed by atoms with van der Waals surface area (Å²) in [6, 6.07) is 0. The average Bonchev–Trinajstić information content (AvgIpc) is 2.70. The lowest BCUT2D eigenvalue weighted by Gasteiger charge is -2.24. The number of rotatable bonds is 6. The highest BCUT2D eigenvalue weighted by atomic mass is 19.3. The first kappa shape index (κ1) is 18.1. The molecule has 0 aliphatic carbocycles. The van der Waals surface area contributed by atoms with Crippen LogP contribution in [0.25, 0.3) is 0 Å². The summed E-state index contributed by atoms with van der Waals surface area (Å²) in [5.41, 5.74) is -0.587. The normalized spacial score (nSPS) is 22.9. The zero-order valence-corrected chi connectivity index (χ0v) is 13.4. The van der Waals surface area contributed by atoms with Gasteiger partial charge in [0.05, 0.1) is 12.6 Å². The van der Waals surface area contributed by atoms with Crippen molar-refractivity contribution >= 4 is 6.09 Å². The van der Waals surface area contributed by atoms with Gasteiger partial charge in [0.25, 0.3) is 0 Å². The van der Waals surface area contributed by atoms with Crippen LogP contribution in [0.15, 0.2) is 0 Å². The Bertz CT molecular complexity index is 331. The number of ether oxygens (including phenoxy) is 2. The Balaban J connectivity index is 2.59. The summed E-state index contributed by atoms with van der Waals surface area (Å²) in [5, 5.41) is 0. The molecule has 0 aromatic heterocycles. The van der Waals surface area contributed by atoms with Gasteiger partial charge in [-0.3, -0.25) is 0 Å². The van der Waals surface area contributed by atoms with Crippen LogP contribution in [0.3, 0.4) is 0 Å². The van der Waals surface area contributed by atoms with Crippen LogP contribution in [0.1, 0.15) is 47.0 Å². The lowest BCUT2D eigenvalue weighted by atomic mass is 10.0. The predicted octanol–water partition coefficient (Wildman–Crippen LogP) is 3.69. The highest BCUT2D eigenvalue weighted by Crippen LogP contribution is 2.27. The number of likely N-dealkylation sites (tertiary alicyclic amines) is 1. The Labute approximate surface area is 125 Å². The molecule has 0 unspecified atom stereocenters. The zero-order chi connectivity index (χ0) is 16.0. The van der Waals surface area contributed by atoms with Gasteiger partial charge in [0, 0.05) is 25.5 Å². The number of hydrogen-bond acceptors (Lipinski definition) is 3. The fourth-order valence-electron chi connectivity index (χ4n) is 2.34.